The van der Waals surface area contributed by atoms with E-state index in [1.54, 1.807) is 62.4 Å². The second-order valence-electron chi connectivity index (χ2n) is 5.78. The van der Waals surface area contributed by atoms with E-state index in [1.807, 2.05) is 6.07 Å². The van der Waals surface area contributed by atoms with Crippen LogP contribution >= 0.6 is 23.7 Å². The van der Waals surface area contributed by atoms with Crippen molar-refractivity contribution in [2.45, 2.75) is 32.9 Å². The zero-order valence-corrected chi connectivity index (χ0v) is 17.2. The number of halogens is 1. The van der Waals surface area contributed by atoms with Crippen LogP contribution in [-0.4, -0.2) is 18.1 Å². The fraction of sp³-hybridized carbons (Fsp3) is 0.278. The second-order valence-corrected chi connectivity index (χ2v) is 8.32. The quantitative estimate of drug-likeness (QED) is 0.461. The van der Waals surface area contributed by atoms with Crippen LogP contribution in [0.5, 0.6) is 11.5 Å². The number of para-hydroxylation sites is 1. The molecule has 1 N–H and O–H groups in total. The van der Waals surface area contributed by atoms with Crippen molar-refractivity contribution in [2.24, 2.45) is 0 Å². The van der Waals surface area contributed by atoms with Crippen molar-refractivity contribution in [3.8, 4) is 11.5 Å². The molecule has 0 radical (unpaired) electrons. The zero-order valence-electron chi connectivity index (χ0n) is 14.7. The van der Waals surface area contributed by atoms with Gasteiger partial charge in [0.25, 0.3) is 0 Å². The molecule has 2 aromatic rings. The molecule has 0 aromatic heterocycles. The molecule has 0 aliphatic rings. The average molecular weight is 442 g/mol. The second kappa shape index (κ2) is 9.21. The van der Waals surface area contributed by atoms with Crippen LogP contribution in [0.25, 0.3) is 0 Å². The van der Waals surface area contributed by atoms with Gasteiger partial charge in [-0.3, -0.25) is 4.79 Å². The Hall–Kier alpha value is -1.82. The van der Waals surface area contributed by atoms with Crippen molar-refractivity contribution >= 4 is 29.6 Å². The Balaban J connectivity index is 2.21. The summed E-state index contributed by atoms with van der Waals surface area (Å²) in [5, 5.41) is 2.63. The summed E-state index contributed by atoms with van der Waals surface area (Å²) in [6.07, 6.45) is -0.284. The van der Waals surface area contributed by atoms with Gasteiger partial charge >= 0.3 is 13.7 Å². The van der Waals surface area contributed by atoms with Gasteiger partial charge in [0.05, 0.1) is 6.10 Å². The third-order valence-corrected chi connectivity index (χ3v) is 5.20. The first kappa shape index (κ1) is 20.5. The summed E-state index contributed by atoms with van der Waals surface area (Å²) >= 11 is 3.33. The Kier molecular flexibility index (Phi) is 7.26. The first-order valence-electron chi connectivity index (χ1n) is 8.05. The SMILES string of the molecule is CC(C)OC(=O)[C@H](C)N[P@](=O)(Oc1ccccc1)Oc1ccc(Br)cc1. The molecule has 26 heavy (non-hydrogen) atoms. The van der Waals surface area contributed by atoms with Gasteiger partial charge in [0, 0.05) is 4.47 Å². The van der Waals surface area contributed by atoms with E-state index in [0.29, 0.717) is 11.5 Å². The molecule has 2 aromatic carbocycles. The van der Waals surface area contributed by atoms with E-state index in [1.165, 1.54) is 6.92 Å². The number of carbonyl (C=O) groups excluding carboxylic acids is 1. The Morgan fingerprint density at radius 1 is 0.962 bits per heavy atom. The maximum atomic E-state index is 13.3. The lowest BCUT2D eigenvalue weighted by Crippen LogP contribution is -2.36. The highest BCUT2D eigenvalue weighted by atomic mass is 79.9. The van der Waals surface area contributed by atoms with Crippen LogP contribution in [0.1, 0.15) is 20.8 Å². The van der Waals surface area contributed by atoms with Crippen molar-refractivity contribution in [1.29, 1.82) is 0 Å². The minimum absolute atomic E-state index is 0.284. The van der Waals surface area contributed by atoms with Crippen molar-refractivity contribution in [2.75, 3.05) is 0 Å². The highest BCUT2D eigenvalue weighted by molar-refractivity contribution is 9.10. The maximum Gasteiger partial charge on any atom is 0.513 e. The summed E-state index contributed by atoms with van der Waals surface area (Å²) in [5.41, 5.74) is 0. The molecule has 6 nitrogen and oxygen atoms in total. The number of rotatable bonds is 8. The summed E-state index contributed by atoms with van der Waals surface area (Å²) in [4.78, 5) is 12.1. The minimum Gasteiger partial charge on any atom is -0.462 e. The van der Waals surface area contributed by atoms with E-state index >= 15 is 0 Å². The van der Waals surface area contributed by atoms with Crippen molar-refractivity contribution in [1.82, 2.24) is 5.09 Å². The van der Waals surface area contributed by atoms with Gasteiger partial charge < -0.3 is 13.8 Å². The zero-order chi connectivity index (χ0) is 19.2. The molecule has 0 fully saturated rings. The van der Waals surface area contributed by atoms with Crippen LogP contribution in [0.3, 0.4) is 0 Å². The van der Waals surface area contributed by atoms with Gasteiger partial charge in [0.2, 0.25) is 0 Å². The summed E-state index contributed by atoms with van der Waals surface area (Å²) in [7, 11) is -3.90. The van der Waals surface area contributed by atoms with Crippen LogP contribution < -0.4 is 14.1 Å². The number of hydrogen-bond donors (Lipinski definition) is 1. The van der Waals surface area contributed by atoms with E-state index < -0.39 is 19.8 Å². The van der Waals surface area contributed by atoms with E-state index in [0.717, 1.165) is 4.47 Å². The first-order chi connectivity index (χ1) is 12.3. The number of esters is 1. The van der Waals surface area contributed by atoms with Gasteiger partial charge in [-0.15, -0.1) is 0 Å². The highest BCUT2D eigenvalue weighted by Crippen LogP contribution is 2.45. The summed E-state index contributed by atoms with van der Waals surface area (Å²) in [5.74, 6) is 0.144. The Labute approximate surface area is 161 Å². The largest absolute Gasteiger partial charge is 0.513 e. The lowest BCUT2D eigenvalue weighted by Gasteiger charge is -2.23. The molecule has 0 saturated heterocycles. The van der Waals surface area contributed by atoms with Gasteiger partial charge in [0.1, 0.15) is 17.5 Å². The minimum atomic E-state index is -3.90. The normalized spacial score (nSPS) is 14.3. The summed E-state index contributed by atoms with van der Waals surface area (Å²) < 4.78 is 30.4. The summed E-state index contributed by atoms with van der Waals surface area (Å²) in [6.45, 7) is 5.02. The van der Waals surface area contributed by atoms with Crippen molar-refractivity contribution in [3.63, 3.8) is 0 Å². The molecule has 0 unspecified atom stereocenters. The molecule has 2 atom stereocenters. The van der Waals surface area contributed by atoms with E-state index in [9.17, 15) is 9.36 Å². The third kappa shape index (κ3) is 6.48. The number of ether oxygens (including phenoxy) is 1. The van der Waals surface area contributed by atoms with Crippen molar-refractivity contribution in [3.05, 3.63) is 59.1 Å². The smallest absolute Gasteiger partial charge is 0.462 e. The molecule has 0 aliphatic heterocycles. The summed E-state index contributed by atoms with van der Waals surface area (Å²) in [6, 6.07) is 14.5. The Bertz CT molecular complexity index is 767. The Morgan fingerprint density at radius 3 is 2.04 bits per heavy atom. The van der Waals surface area contributed by atoms with Crippen LogP contribution in [-0.2, 0) is 14.1 Å². The Morgan fingerprint density at radius 2 is 1.50 bits per heavy atom. The lowest BCUT2D eigenvalue weighted by atomic mass is 10.3. The number of carbonyl (C=O) groups is 1. The molecule has 8 heteroatoms. The molecular formula is C18H21BrNO5P. The molecule has 0 aliphatic carbocycles. The fourth-order valence-corrected chi connectivity index (χ4v) is 3.74. The molecule has 0 spiro atoms. The molecule has 2 rings (SSSR count). The van der Waals surface area contributed by atoms with Gasteiger partial charge in [-0.05, 0) is 57.2 Å². The van der Waals surface area contributed by atoms with E-state index in [-0.39, 0.29) is 6.10 Å². The van der Waals surface area contributed by atoms with Crippen LogP contribution in [0, 0.1) is 0 Å². The predicted molar refractivity (Wildman–Crippen MR) is 103 cm³/mol. The van der Waals surface area contributed by atoms with Crippen LogP contribution in [0.2, 0.25) is 0 Å². The van der Waals surface area contributed by atoms with Crippen molar-refractivity contribution < 1.29 is 23.1 Å². The predicted octanol–water partition coefficient (Wildman–Crippen LogP) is 4.94. The molecule has 0 saturated carbocycles. The van der Waals surface area contributed by atoms with E-state index in [2.05, 4.69) is 21.0 Å². The molecule has 0 amide bonds. The maximum absolute atomic E-state index is 13.3. The fourth-order valence-electron chi connectivity index (χ4n) is 1.95. The molecule has 140 valence electrons. The first-order valence-corrected chi connectivity index (χ1v) is 10.4. The lowest BCUT2D eigenvalue weighted by molar-refractivity contribution is -0.149. The number of benzene rings is 2. The topological polar surface area (TPSA) is 73.9 Å². The monoisotopic (exact) mass is 441 g/mol. The molecule has 0 bridgehead atoms. The third-order valence-electron chi connectivity index (χ3n) is 3.07. The standard InChI is InChI=1S/C18H21BrNO5P/c1-13(2)23-18(21)14(3)20-26(22,24-16-7-5-4-6-8-16)25-17-11-9-15(19)10-12-17/h4-14H,1-3H3,(H,20,22)/t14-,26-/m0/s1. The van der Waals surface area contributed by atoms with Gasteiger partial charge in [-0.25, -0.2) is 4.57 Å². The number of hydrogen-bond acceptors (Lipinski definition) is 5. The molecule has 0 heterocycles. The van der Waals surface area contributed by atoms with Gasteiger partial charge in [-0.1, -0.05) is 34.1 Å². The van der Waals surface area contributed by atoms with Gasteiger partial charge in [0.15, 0.2) is 0 Å². The van der Waals surface area contributed by atoms with E-state index in [4.69, 9.17) is 13.8 Å². The number of nitrogens with one attached hydrogen (secondary N) is 1. The van der Waals surface area contributed by atoms with Crippen LogP contribution in [0.4, 0.5) is 0 Å². The van der Waals surface area contributed by atoms with Gasteiger partial charge in [-0.2, -0.15) is 5.09 Å². The van der Waals surface area contributed by atoms with Crippen LogP contribution in [0.15, 0.2) is 59.1 Å². The highest BCUT2D eigenvalue weighted by Gasteiger charge is 2.34. The molecular weight excluding hydrogens is 421 g/mol. The average Bonchev–Trinajstić information content (AvgIpc) is 2.57.